The van der Waals surface area contributed by atoms with Gasteiger partial charge in [-0.2, -0.15) is 0 Å². The first-order valence-electron chi connectivity index (χ1n) is 20.4. The molecule has 0 radical (unpaired) electrons. The third-order valence-corrected chi connectivity index (χ3v) is 9.15. The molecule has 9 aromatic rings. The maximum absolute atomic E-state index is 5.92. The second kappa shape index (κ2) is 20.8. The van der Waals surface area contributed by atoms with E-state index >= 15 is 0 Å². The standard InChI is InChI=1S/C28H21N3O3.C24H21N3O3/c1-4-10-21(11-5-1)20-22-16-18-25(19-17-22)34-28-30-26(32-23-12-6-2-7-13-23)29-27(31-28)33-24-14-8-3-9-15-24;1-16-9-12-20(13-10-16)29-23-25-22(28-19-7-5-4-6-8-19)26-24(27-23)30-21-14-11-17(2)15-18(21)3/h1-19H,20H2;4-15H,1-3H3. The van der Waals surface area contributed by atoms with Crippen LogP contribution in [0.15, 0.2) is 188 Å². The Morgan fingerprint density at radius 1 is 0.297 bits per heavy atom. The molecule has 0 saturated heterocycles. The van der Waals surface area contributed by atoms with Crippen LogP contribution in [0.1, 0.15) is 27.8 Å². The first-order chi connectivity index (χ1) is 31.3. The molecule has 0 fully saturated rings. The Hall–Kier alpha value is -8.64. The monoisotopic (exact) mass is 846 g/mol. The van der Waals surface area contributed by atoms with Crippen LogP contribution in [0.5, 0.6) is 70.6 Å². The molecule has 2 aromatic heterocycles. The lowest BCUT2D eigenvalue weighted by Gasteiger charge is -2.11. The summed E-state index contributed by atoms with van der Waals surface area (Å²) in [5, 5.41) is 0. The van der Waals surface area contributed by atoms with E-state index in [2.05, 4.69) is 42.0 Å². The summed E-state index contributed by atoms with van der Waals surface area (Å²) in [6, 6.07) is 59.9. The summed E-state index contributed by atoms with van der Waals surface area (Å²) in [5.74, 6) is 3.64. The molecule has 7 aromatic carbocycles. The van der Waals surface area contributed by atoms with Crippen molar-refractivity contribution in [3.05, 3.63) is 216 Å². The van der Waals surface area contributed by atoms with Gasteiger partial charge in [-0.1, -0.05) is 132 Å². The molecule has 0 bridgehead atoms. The van der Waals surface area contributed by atoms with Gasteiger partial charge in [0, 0.05) is 0 Å². The first-order valence-corrected chi connectivity index (χ1v) is 20.4. The molecule has 12 nitrogen and oxygen atoms in total. The summed E-state index contributed by atoms with van der Waals surface area (Å²) in [5.41, 5.74) is 5.67. The summed E-state index contributed by atoms with van der Waals surface area (Å²) in [6.07, 6.45) is 0.844. The van der Waals surface area contributed by atoms with E-state index in [1.807, 2.05) is 197 Å². The van der Waals surface area contributed by atoms with Crippen LogP contribution in [0, 0.1) is 20.8 Å². The molecule has 64 heavy (non-hydrogen) atoms. The Balaban J connectivity index is 0.000000176. The summed E-state index contributed by atoms with van der Waals surface area (Å²) in [4.78, 5) is 25.8. The summed E-state index contributed by atoms with van der Waals surface area (Å²) in [6.45, 7) is 6.00. The van der Waals surface area contributed by atoms with Crippen LogP contribution in [0.3, 0.4) is 0 Å². The van der Waals surface area contributed by atoms with Crippen LogP contribution in [0.2, 0.25) is 0 Å². The molecule has 316 valence electrons. The summed E-state index contributed by atoms with van der Waals surface area (Å²) in [7, 11) is 0. The zero-order valence-corrected chi connectivity index (χ0v) is 35.2. The number of nitrogens with zero attached hydrogens (tertiary/aromatic N) is 6. The third kappa shape index (κ3) is 12.5. The first kappa shape index (κ1) is 42.1. The Morgan fingerprint density at radius 2 is 0.609 bits per heavy atom. The number of aromatic nitrogens is 6. The fourth-order valence-electron chi connectivity index (χ4n) is 6.03. The highest BCUT2D eigenvalue weighted by molar-refractivity contribution is 5.38. The van der Waals surface area contributed by atoms with E-state index < -0.39 is 0 Å². The molecule has 0 aliphatic carbocycles. The fraction of sp³-hybridized carbons (Fsp3) is 0.0769. The predicted octanol–water partition coefficient (Wildman–Crippen LogP) is 13.0. The van der Waals surface area contributed by atoms with Gasteiger partial charge >= 0.3 is 36.1 Å². The van der Waals surface area contributed by atoms with Gasteiger partial charge in [-0.25, -0.2) is 0 Å². The van der Waals surface area contributed by atoms with Gasteiger partial charge in [-0.3, -0.25) is 0 Å². The van der Waals surface area contributed by atoms with Crippen molar-refractivity contribution < 1.29 is 28.4 Å². The second-order valence-corrected chi connectivity index (χ2v) is 14.3. The fourth-order valence-corrected chi connectivity index (χ4v) is 6.03. The number of para-hydroxylation sites is 3. The number of hydrogen-bond acceptors (Lipinski definition) is 12. The highest BCUT2D eigenvalue weighted by Crippen LogP contribution is 2.30. The summed E-state index contributed by atoms with van der Waals surface area (Å²) >= 11 is 0. The van der Waals surface area contributed by atoms with Crippen LogP contribution >= 0.6 is 0 Å². The molecule has 0 spiro atoms. The Bertz CT molecular complexity index is 2810. The SMILES string of the molecule is Cc1ccc(Oc2nc(Oc3ccccc3)nc(Oc3ccc(C)cc3C)n2)cc1.c1ccc(Cc2ccc(Oc3nc(Oc4ccccc4)nc(Oc4ccccc4)n3)cc2)cc1. The van der Waals surface area contributed by atoms with Crippen LogP contribution in [-0.2, 0) is 6.42 Å². The second-order valence-electron chi connectivity index (χ2n) is 14.3. The average molecular weight is 847 g/mol. The topological polar surface area (TPSA) is 133 Å². The maximum atomic E-state index is 5.92. The number of ether oxygens (including phenoxy) is 6. The molecule has 0 atom stereocenters. The molecule has 0 aliphatic heterocycles. The Morgan fingerprint density at radius 3 is 1.00 bits per heavy atom. The highest BCUT2D eigenvalue weighted by atomic mass is 16.5. The average Bonchev–Trinajstić information content (AvgIpc) is 3.30. The van der Waals surface area contributed by atoms with Gasteiger partial charge in [0.25, 0.3) is 0 Å². The van der Waals surface area contributed by atoms with Gasteiger partial charge < -0.3 is 28.4 Å². The van der Waals surface area contributed by atoms with E-state index in [1.165, 1.54) is 11.1 Å². The lowest BCUT2D eigenvalue weighted by Crippen LogP contribution is -2.02. The third-order valence-electron chi connectivity index (χ3n) is 9.15. The maximum Gasteiger partial charge on any atom is 0.331 e. The van der Waals surface area contributed by atoms with Crippen molar-refractivity contribution in [2.24, 2.45) is 0 Å². The number of aryl methyl sites for hydroxylation is 3. The van der Waals surface area contributed by atoms with Crippen molar-refractivity contribution in [2.45, 2.75) is 27.2 Å². The molecule has 0 aliphatic rings. The summed E-state index contributed by atoms with van der Waals surface area (Å²) < 4.78 is 35.0. The van der Waals surface area contributed by atoms with Crippen molar-refractivity contribution in [3.63, 3.8) is 0 Å². The van der Waals surface area contributed by atoms with Crippen LogP contribution in [-0.4, -0.2) is 29.9 Å². The van der Waals surface area contributed by atoms with Gasteiger partial charge in [0.2, 0.25) is 0 Å². The highest BCUT2D eigenvalue weighted by Gasteiger charge is 2.15. The van der Waals surface area contributed by atoms with Gasteiger partial charge in [0.15, 0.2) is 0 Å². The van der Waals surface area contributed by atoms with E-state index in [0.717, 1.165) is 23.1 Å². The number of hydrogen-bond donors (Lipinski definition) is 0. The normalized spacial score (nSPS) is 10.5. The van der Waals surface area contributed by atoms with Crippen LogP contribution in [0.4, 0.5) is 0 Å². The Labute approximate surface area is 370 Å². The predicted molar refractivity (Wildman–Crippen MR) is 242 cm³/mol. The van der Waals surface area contributed by atoms with Crippen LogP contribution < -0.4 is 28.4 Å². The lowest BCUT2D eigenvalue weighted by atomic mass is 10.1. The molecule has 0 unspecified atom stereocenters. The Kier molecular flexibility index (Phi) is 13.6. The minimum absolute atomic E-state index is 0.0719. The zero-order chi connectivity index (χ0) is 43.9. The largest absolute Gasteiger partial charge is 0.424 e. The van der Waals surface area contributed by atoms with Crippen molar-refractivity contribution >= 4 is 0 Å². The molecule has 2 heterocycles. The van der Waals surface area contributed by atoms with Crippen molar-refractivity contribution in [1.82, 2.24) is 29.9 Å². The molecule has 0 saturated carbocycles. The van der Waals surface area contributed by atoms with Gasteiger partial charge in [0.05, 0.1) is 0 Å². The quantitative estimate of drug-likeness (QED) is 0.103. The van der Waals surface area contributed by atoms with Gasteiger partial charge in [-0.15, -0.1) is 29.9 Å². The smallest absolute Gasteiger partial charge is 0.331 e. The van der Waals surface area contributed by atoms with Crippen molar-refractivity contribution in [2.75, 3.05) is 0 Å². The molecule has 0 N–H and O–H groups in total. The van der Waals surface area contributed by atoms with Gasteiger partial charge in [0.1, 0.15) is 34.5 Å². The van der Waals surface area contributed by atoms with E-state index in [4.69, 9.17) is 28.4 Å². The van der Waals surface area contributed by atoms with Crippen LogP contribution in [0.25, 0.3) is 0 Å². The molecule has 12 heteroatoms. The lowest BCUT2D eigenvalue weighted by molar-refractivity contribution is 0.360. The molecule has 0 amide bonds. The zero-order valence-electron chi connectivity index (χ0n) is 35.2. The minimum atomic E-state index is 0.0719. The molecular formula is C52H42N6O6. The van der Waals surface area contributed by atoms with Gasteiger partial charge in [-0.05, 0) is 111 Å². The minimum Gasteiger partial charge on any atom is -0.424 e. The number of rotatable bonds is 14. The van der Waals surface area contributed by atoms with E-state index in [0.29, 0.717) is 34.5 Å². The van der Waals surface area contributed by atoms with Crippen molar-refractivity contribution in [1.29, 1.82) is 0 Å². The van der Waals surface area contributed by atoms with E-state index in [-0.39, 0.29) is 36.1 Å². The van der Waals surface area contributed by atoms with E-state index in [1.54, 1.807) is 0 Å². The molecule has 9 rings (SSSR count). The van der Waals surface area contributed by atoms with Crippen molar-refractivity contribution in [3.8, 4) is 70.6 Å². The van der Waals surface area contributed by atoms with E-state index in [9.17, 15) is 0 Å². The number of benzene rings is 7. The molecular weight excluding hydrogens is 805 g/mol.